The molecule has 1 aliphatic heterocycles. The normalized spacial score (nSPS) is 15.6. The predicted molar refractivity (Wildman–Crippen MR) is 159 cm³/mol. The summed E-state index contributed by atoms with van der Waals surface area (Å²) in [6.45, 7) is 13.5. The molecule has 2 amide bonds. The van der Waals surface area contributed by atoms with E-state index in [4.69, 9.17) is 27.1 Å². The average molecular weight is 568 g/mol. The maximum absolute atomic E-state index is 14.2. The SMILES string of the molecule is CC(C)(C)OC(=O)N1CCCN(c2ccc3nc(-c4cccc(Cl)c4)n(C(C(N)=O)C(C)(C)C)c(=O)c3c2)CC1. The Labute approximate surface area is 239 Å². The average Bonchev–Trinajstić information content (AvgIpc) is 3.10. The van der Waals surface area contributed by atoms with Crippen LogP contribution in [0.5, 0.6) is 0 Å². The van der Waals surface area contributed by atoms with Crippen molar-refractivity contribution in [3.8, 4) is 11.4 Å². The number of fused-ring (bicyclic) bond motifs is 1. The van der Waals surface area contributed by atoms with Crippen molar-refractivity contribution in [1.29, 1.82) is 0 Å². The van der Waals surface area contributed by atoms with Gasteiger partial charge in [0.1, 0.15) is 17.5 Å². The fourth-order valence-corrected chi connectivity index (χ4v) is 5.27. The van der Waals surface area contributed by atoms with Crippen molar-refractivity contribution in [3.63, 3.8) is 0 Å². The molecule has 1 atom stereocenters. The quantitative estimate of drug-likeness (QED) is 0.462. The highest BCUT2D eigenvalue weighted by molar-refractivity contribution is 6.30. The largest absolute Gasteiger partial charge is 0.444 e. The Kier molecular flexibility index (Phi) is 8.17. The van der Waals surface area contributed by atoms with Crippen molar-refractivity contribution < 1.29 is 14.3 Å². The third-order valence-corrected chi connectivity index (χ3v) is 7.06. The first-order valence-electron chi connectivity index (χ1n) is 13.5. The van der Waals surface area contributed by atoms with E-state index < -0.39 is 23.0 Å². The molecule has 10 heteroatoms. The van der Waals surface area contributed by atoms with E-state index in [1.807, 2.05) is 59.7 Å². The second-order valence-corrected chi connectivity index (χ2v) is 12.7. The Morgan fingerprint density at radius 1 is 1.00 bits per heavy atom. The molecule has 2 N–H and O–H groups in total. The summed E-state index contributed by atoms with van der Waals surface area (Å²) < 4.78 is 6.96. The first-order valence-corrected chi connectivity index (χ1v) is 13.9. The molecule has 1 unspecified atom stereocenters. The second kappa shape index (κ2) is 11.1. The highest BCUT2D eigenvalue weighted by atomic mass is 35.5. The first kappa shape index (κ1) is 29.4. The molecule has 1 saturated heterocycles. The zero-order valence-electron chi connectivity index (χ0n) is 24.0. The fraction of sp³-hybridized carbons (Fsp3) is 0.467. The summed E-state index contributed by atoms with van der Waals surface area (Å²) in [6, 6.07) is 11.6. The van der Waals surface area contributed by atoms with Crippen molar-refractivity contribution in [2.45, 2.75) is 59.6 Å². The molecule has 0 aliphatic carbocycles. The third kappa shape index (κ3) is 6.41. The van der Waals surface area contributed by atoms with Gasteiger partial charge in [0.25, 0.3) is 5.56 Å². The molecule has 9 nitrogen and oxygen atoms in total. The Morgan fingerprint density at radius 3 is 2.35 bits per heavy atom. The van der Waals surface area contributed by atoms with E-state index in [1.165, 1.54) is 4.57 Å². The number of anilines is 1. The summed E-state index contributed by atoms with van der Waals surface area (Å²) in [7, 11) is 0. The smallest absolute Gasteiger partial charge is 0.410 e. The molecule has 214 valence electrons. The van der Waals surface area contributed by atoms with Gasteiger partial charge in [0.05, 0.1) is 10.9 Å². The number of rotatable bonds is 4. The van der Waals surface area contributed by atoms with Crippen LogP contribution in [0.3, 0.4) is 0 Å². The summed E-state index contributed by atoms with van der Waals surface area (Å²) in [5, 5.41) is 0.869. The van der Waals surface area contributed by atoms with E-state index in [9.17, 15) is 14.4 Å². The van der Waals surface area contributed by atoms with Crippen LogP contribution in [0.2, 0.25) is 5.02 Å². The zero-order valence-corrected chi connectivity index (χ0v) is 24.8. The Balaban J connectivity index is 1.78. The van der Waals surface area contributed by atoms with Crippen molar-refractivity contribution in [3.05, 3.63) is 57.8 Å². The van der Waals surface area contributed by atoms with Gasteiger partial charge in [-0.15, -0.1) is 0 Å². The molecule has 3 aromatic rings. The van der Waals surface area contributed by atoms with E-state index in [2.05, 4.69) is 4.90 Å². The highest BCUT2D eigenvalue weighted by Gasteiger charge is 2.35. The van der Waals surface area contributed by atoms with Crippen LogP contribution < -0.4 is 16.2 Å². The van der Waals surface area contributed by atoms with Gasteiger partial charge in [-0.2, -0.15) is 0 Å². The summed E-state index contributed by atoms with van der Waals surface area (Å²) >= 11 is 6.27. The van der Waals surface area contributed by atoms with Crippen LogP contribution in [-0.4, -0.2) is 58.2 Å². The van der Waals surface area contributed by atoms with Gasteiger partial charge in [-0.05, 0) is 62.9 Å². The van der Waals surface area contributed by atoms with Crippen LogP contribution >= 0.6 is 11.6 Å². The summed E-state index contributed by atoms with van der Waals surface area (Å²) in [5.74, 6) is -0.292. The number of carbonyl (C=O) groups is 2. The summed E-state index contributed by atoms with van der Waals surface area (Å²) in [4.78, 5) is 48.3. The van der Waals surface area contributed by atoms with E-state index in [-0.39, 0.29) is 11.7 Å². The molecular weight excluding hydrogens is 530 g/mol. The highest BCUT2D eigenvalue weighted by Crippen LogP contribution is 2.34. The number of nitrogens with zero attached hydrogens (tertiary/aromatic N) is 4. The van der Waals surface area contributed by atoms with E-state index in [0.717, 1.165) is 12.1 Å². The zero-order chi connectivity index (χ0) is 29.4. The van der Waals surface area contributed by atoms with Crippen molar-refractivity contribution in [2.75, 3.05) is 31.1 Å². The lowest BCUT2D eigenvalue weighted by atomic mass is 9.85. The van der Waals surface area contributed by atoms with Crippen LogP contribution in [-0.2, 0) is 9.53 Å². The van der Waals surface area contributed by atoms with Gasteiger partial charge in [-0.25, -0.2) is 9.78 Å². The number of ether oxygens (including phenoxy) is 1. The fourth-order valence-electron chi connectivity index (χ4n) is 5.08. The molecule has 40 heavy (non-hydrogen) atoms. The molecule has 4 rings (SSSR count). The van der Waals surface area contributed by atoms with Gasteiger partial charge in [0.2, 0.25) is 5.91 Å². The molecule has 0 spiro atoms. The van der Waals surface area contributed by atoms with Gasteiger partial charge < -0.3 is 20.3 Å². The Hall–Kier alpha value is -3.59. The van der Waals surface area contributed by atoms with Crippen molar-refractivity contribution in [1.82, 2.24) is 14.5 Å². The lowest BCUT2D eigenvalue weighted by Gasteiger charge is -2.31. The third-order valence-electron chi connectivity index (χ3n) is 6.83. The molecule has 1 aromatic heterocycles. The molecule has 2 heterocycles. The number of hydrogen-bond donors (Lipinski definition) is 1. The number of aromatic nitrogens is 2. The van der Waals surface area contributed by atoms with E-state index >= 15 is 0 Å². The Morgan fingerprint density at radius 2 is 1.73 bits per heavy atom. The van der Waals surface area contributed by atoms with Crippen LogP contribution in [0.15, 0.2) is 47.3 Å². The van der Waals surface area contributed by atoms with E-state index in [1.54, 1.807) is 29.2 Å². The number of nitrogens with two attached hydrogens (primary N) is 1. The van der Waals surface area contributed by atoms with Crippen molar-refractivity contribution in [2.24, 2.45) is 11.1 Å². The number of benzene rings is 2. The minimum Gasteiger partial charge on any atom is -0.444 e. The number of hydrogen-bond acceptors (Lipinski definition) is 6. The van der Waals surface area contributed by atoms with Crippen LogP contribution in [0.1, 0.15) is 54.0 Å². The van der Waals surface area contributed by atoms with Gasteiger partial charge in [0.15, 0.2) is 0 Å². The molecule has 0 saturated carbocycles. The van der Waals surface area contributed by atoms with Crippen LogP contribution in [0.25, 0.3) is 22.3 Å². The monoisotopic (exact) mass is 567 g/mol. The maximum atomic E-state index is 14.2. The topological polar surface area (TPSA) is 111 Å². The molecule has 1 fully saturated rings. The molecule has 0 radical (unpaired) electrons. The lowest BCUT2D eigenvalue weighted by molar-refractivity contribution is -0.124. The lowest BCUT2D eigenvalue weighted by Crippen LogP contribution is -2.42. The number of amides is 2. The number of primary amides is 1. The van der Waals surface area contributed by atoms with Crippen LogP contribution in [0, 0.1) is 5.41 Å². The number of halogens is 1. The molecule has 2 aromatic carbocycles. The van der Waals surface area contributed by atoms with Gasteiger partial charge in [0, 0.05) is 42.5 Å². The van der Waals surface area contributed by atoms with Crippen molar-refractivity contribution >= 4 is 40.2 Å². The number of carbonyl (C=O) groups excluding carboxylic acids is 2. The molecule has 1 aliphatic rings. The first-order chi connectivity index (χ1) is 18.7. The predicted octanol–water partition coefficient (Wildman–Crippen LogP) is 5.24. The van der Waals surface area contributed by atoms with Crippen LogP contribution in [0.4, 0.5) is 10.5 Å². The second-order valence-electron chi connectivity index (χ2n) is 12.3. The standard InChI is InChI=1S/C30H38ClN5O4/c1-29(2,3)24(25(32)37)36-26(19-9-7-10-20(31)17-19)33-23-12-11-21(18-22(23)27(36)38)34-13-8-14-35(16-15-34)28(39)40-30(4,5)6/h7,9-12,17-18,24H,8,13-16H2,1-6H3,(H2,32,37). The molecule has 0 bridgehead atoms. The van der Waals surface area contributed by atoms with Gasteiger partial charge in [-0.1, -0.05) is 44.5 Å². The maximum Gasteiger partial charge on any atom is 0.410 e. The minimum atomic E-state index is -0.949. The van der Waals surface area contributed by atoms with E-state index in [0.29, 0.717) is 53.5 Å². The summed E-state index contributed by atoms with van der Waals surface area (Å²) in [5.41, 5.74) is 6.26. The minimum absolute atomic E-state index is 0.326. The Bertz CT molecular complexity index is 1490. The van der Waals surface area contributed by atoms with Gasteiger partial charge in [-0.3, -0.25) is 14.2 Å². The molecular formula is C30H38ClN5O4. The summed E-state index contributed by atoms with van der Waals surface area (Å²) in [6.07, 6.45) is 0.425. The van der Waals surface area contributed by atoms with Gasteiger partial charge >= 0.3 is 6.09 Å².